The number of halogens is 1. The third kappa shape index (κ3) is 3.91. The highest BCUT2D eigenvalue weighted by atomic mass is 79.9. The second kappa shape index (κ2) is 7.72. The summed E-state index contributed by atoms with van der Waals surface area (Å²) in [6, 6.07) is 26.3. The van der Waals surface area contributed by atoms with Crippen LogP contribution in [0.5, 0.6) is 0 Å². The molecule has 0 saturated heterocycles. The lowest BCUT2D eigenvalue weighted by molar-refractivity contribution is -0.120. The smallest absolute Gasteiger partial charge is 0.244 e. The minimum Gasteiger partial charge on any atom is -0.273 e. The molecule has 4 rings (SSSR count). The van der Waals surface area contributed by atoms with Gasteiger partial charge in [0, 0.05) is 10.0 Å². The van der Waals surface area contributed by atoms with Crippen LogP contribution in [0.2, 0.25) is 0 Å². The average molecular weight is 417 g/mol. The number of carbonyl (C=O) groups is 1. The van der Waals surface area contributed by atoms with Crippen molar-refractivity contribution < 1.29 is 4.79 Å². The molecule has 0 heterocycles. The predicted octanol–water partition coefficient (Wildman–Crippen LogP) is 5.45. The maximum atomic E-state index is 12.2. The topological polar surface area (TPSA) is 41.5 Å². The third-order valence-corrected chi connectivity index (χ3v) is 5.00. The Bertz CT molecular complexity index is 1100. The maximum Gasteiger partial charge on any atom is 0.244 e. The summed E-state index contributed by atoms with van der Waals surface area (Å²) < 4.78 is 0.993. The summed E-state index contributed by atoms with van der Waals surface area (Å²) in [5.74, 6) is -0.141. The van der Waals surface area contributed by atoms with Crippen LogP contribution >= 0.6 is 15.9 Å². The average Bonchev–Trinajstić information content (AvgIpc) is 2.69. The molecule has 1 N–H and O–H groups in total. The van der Waals surface area contributed by atoms with Gasteiger partial charge in [0.15, 0.2) is 0 Å². The van der Waals surface area contributed by atoms with Crippen LogP contribution in [-0.2, 0) is 11.2 Å². The minimum absolute atomic E-state index is 0.141. The molecule has 27 heavy (non-hydrogen) atoms. The summed E-state index contributed by atoms with van der Waals surface area (Å²) in [7, 11) is 0. The molecule has 4 heteroatoms. The first-order valence-electron chi connectivity index (χ1n) is 8.67. The van der Waals surface area contributed by atoms with Crippen LogP contribution in [0.4, 0.5) is 0 Å². The lowest BCUT2D eigenvalue weighted by Gasteiger charge is -2.08. The monoisotopic (exact) mass is 416 g/mol. The molecule has 0 saturated carbocycles. The van der Waals surface area contributed by atoms with Gasteiger partial charge in [0.1, 0.15) is 0 Å². The fraction of sp³-hybridized carbons (Fsp3) is 0.0435. The van der Waals surface area contributed by atoms with Gasteiger partial charge in [0.05, 0.1) is 12.6 Å². The molecule has 1 amide bonds. The van der Waals surface area contributed by atoms with E-state index in [0.29, 0.717) is 6.42 Å². The molecule has 4 aromatic rings. The number of amides is 1. The zero-order valence-electron chi connectivity index (χ0n) is 14.5. The highest BCUT2D eigenvalue weighted by molar-refractivity contribution is 9.10. The van der Waals surface area contributed by atoms with Crippen LogP contribution < -0.4 is 5.43 Å². The van der Waals surface area contributed by atoms with Gasteiger partial charge >= 0.3 is 0 Å². The fourth-order valence-electron chi connectivity index (χ4n) is 3.18. The Balaban J connectivity index is 1.60. The first-order chi connectivity index (χ1) is 13.2. The van der Waals surface area contributed by atoms with Crippen molar-refractivity contribution in [2.75, 3.05) is 0 Å². The molecule has 0 fully saturated rings. The Kier molecular flexibility index (Phi) is 4.99. The molecule has 0 radical (unpaired) electrons. The Morgan fingerprint density at radius 2 is 1.48 bits per heavy atom. The van der Waals surface area contributed by atoms with Crippen molar-refractivity contribution in [3.8, 4) is 0 Å². The molecule has 0 unspecified atom stereocenters. The molecule has 0 aliphatic rings. The molecule has 0 bridgehead atoms. The van der Waals surface area contributed by atoms with E-state index in [2.05, 4.69) is 56.8 Å². The number of hydrogen-bond donors (Lipinski definition) is 1. The number of nitrogens with one attached hydrogen (secondary N) is 1. The molecular weight excluding hydrogens is 400 g/mol. The van der Waals surface area contributed by atoms with E-state index in [0.717, 1.165) is 37.1 Å². The van der Waals surface area contributed by atoms with Gasteiger partial charge in [-0.3, -0.25) is 4.79 Å². The Hall–Kier alpha value is -2.98. The Morgan fingerprint density at radius 1 is 0.889 bits per heavy atom. The number of carbonyl (C=O) groups excluding carboxylic acids is 1. The number of benzene rings is 4. The van der Waals surface area contributed by atoms with E-state index < -0.39 is 0 Å². The summed E-state index contributed by atoms with van der Waals surface area (Å²) in [4.78, 5) is 12.2. The molecule has 0 aromatic heterocycles. The normalized spacial score (nSPS) is 11.3. The lowest BCUT2D eigenvalue weighted by Crippen LogP contribution is -2.19. The van der Waals surface area contributed by atoms with Crippen molar-refractivity contribution >= 4 is 49.6 Å². The quantitative estimate of drug-likeness (QED) is 0.268. The number of hydrazone groups is 1. The summed E-state index contributed by atoms with van der Waals surface area (Å²) >= 11 is 3.39. The van der Waals surface area contributed by atoms with E-state index >= 15 is 0 Å². The SMILES string of the molecule is O=C(Cc1ccc(Br)cc1)N/N=C\c1c2ccccc2cc2ccccc12. The van der Waals surface area contributed by atoms with E-state index in [1.165, 1.54) is 0 Å². The molecule has 3 nitrogen and oxygen atoms in total. The zero-order valence-corrected chi connectivity index (χ0v) is 16.1. The number of nitrogens with zero attached hydrogens (tertiary/aromatic N) is 1. The maximum absolute atomic E-state index is 12.2. The van der Waals surface area contributed by atoms with Gasteiger partial charge in [0.25, 0.3) is 0 Å². The van der Waals surface area contributed by atoms with Crippen LogP contribution in [0, 0.1) is 0 Å². The van der Waals surface area contributed by atoms with E-state index in [9.17, 15) is 4.79 Å². The predicted molar refractivity (Wildman–Crippen MR) is 115 cm³/mol. The van der Waals surface area contributed by atoms with Crippen molar-refractivity contribution in [2.45, 2.75) is 6.42 Å². The number of rotatable bonds is 4. The largest absolute Gasteiger partial charge is 0.273 e. The van der Waals surface area contributed by atoms with Crippen LogP contribution in [0.25, 0.3) is 21.5 Å². The first-order valence-corrected chi connectivity index (χ1v) is 9.47. The minimum atomic E-state index is -0.141. The van der Waals surface area contributed by atoms with Gasteiger partial charge in [-0.25, -0.2) is 5.43 Å². The van der Waals surface area contributed by atoms with Crippen LogP contribution in [0.3, 0.4) is 0 Å². The first kappa shape index (κ1) is 17.4. The van der Waals surface area contributed by atoms with Crippen molar-refractivity contribution in [2.24, 2.45) is 5.10 Å². The van der Waals surface area contributed by atoms with Gasteiger partial charge in [-0.2, -0.15) is 5.10 Å². The van der Waals surface area contributed by atoms with Crippen molar-refractivity contribution in [1.82, 2.24) is 5.43 Å². The highest BCUT2D eigenvalue weighted by Gasteiger charge is 2.06. The van der Waals surface area contributed by atoms with E-state index in [1.807, 2.05) is 48.5 Å². The molecule has 4 aromatic carbocycles. The van der Waals surface area contributed by atoms with Gasteiger partial charge in [0.2, 0.25) is 5.91 Å². The van der Waals surface area contributed by atoms with E-state index in [-0.39, 0.29) is 5.91 Å². The standard InChI is InChI=1S/C23H17BrN2O/c24-19-11-9-16(10-12-19)13-23(27)26-25-15-22-20-7-3-1-5-17(20)14-18-6-2-4-8-21(18)22/h1-12,14-15H,13H2,(H,26,27)/b25-15-. The summed E-state index contributed by atoms with van der Waals surface area (Å²) in [5.41, 5.74) is 4.60. The number of hydrogen-bond acceptors (Lipinski definition) is 2. The summed E-state index contributed by atoms with van der Waals surface area (Å²) in [6.07, 6.45) is 2.03. The van der Waals surface area contributed by atoms with Gasteiger partial charge in [-0.05, 0) is 45.3 Å². The van der Waals surface area contributed by atoms with E-state index in [1.54, 1.807) is 6.21 Å². The van der Waals surface area contributed by atoms with Crippen LogP contribution in [0.15, 0.2) is 88.4 Å². The lowest BCUT2D eigenvalue weighted by atomic mass is 9.97. The van der Waals surface area contributed by atoms with E-state index in [4.69, 9.17) is 0 Å². The van der Waals surface area contributed by atoms with Crippen molar-refractivity contribution in [3.63, 3.8) is 0 Å². The molecule has 132 valence electrons. The fourth-order valence-corrected chi connectivity index (χ4v) is 3.45. The summed E-state index contributed by atoms with van der Waals surface area (Å²) in [5, 5.41) is 8.75. The van der Waals surface area contributed by atoms with Crippen LogP contribution in [0.1, 0.15) is 11.1 Å². The third-order valence-electron chi connectivity index (χ3n) is 4.47. The molecule has 0 spiro atoms. The Labute approximate surface area is 165 Å². The second-order valence-corrected chi connectivity index (χ2v) is 7.24. The van der Waals surface area contributed by atoms with Gasteiger partial charge in [-0.15, -0.1) is 0 Å². The highest BCUT2D eigenvalue weighted by Crippen LogP contribution is 2.27. The van der Waals surface area contributed by atoms with Crippen molar-refractivity contribution in [1.29, 1.82) is 0 Å². The molecule has 0 aliphatic carbocycles. The molecular formula is C23H17BrN2O. The van der Waals surface area contributed by atoms with Gasteiger partial charge < -0.3 is 0 Å². The summed E-state index contributed by atoms with van der Waals surface area (Å²) in [6.45, 7) is 0. The molecule has 0 atom stereocenters. The molecule has 0 aliphatic heterocycles. The number of fused-ring (bicyclic) bond motifs is 2. The van der Waals surface area contributed by atoms with Crippen LogP contribution in [-0.4, -0.2) is 12.1 Å². The second-order valence-electron chi connectivity index (χ2n) is 6.33. The van der Waals surface area contributed by atoms with Gasteiger partial charge in [-0.1, -0.05) is 76.6 Å². The zero-order chi connectivity index (χ0) is 18.6. The Morgan fingerprint density at radius 3 is 2.11 bits per heavy atom. The van der Waals surface area contributed by atoms with Crippen molar-refractivity contribution in [3.05, 3.63) is 94.5 Å².